The highest BCUT2D eigenvalue weighted by atomic mass is 16.3. The zero-order valence-electron chi connectivity index (χ0n) is 16.7. The Balaban J connectivity index is 1.41. The molecule has 28 heavy (non-hydrogen) atoms. The highest BCUT2D eigenvalue weighted by molar-refractivity contribution is 5.91. The summed E-state index contributed by atoms with van der Waals surface area (Å²) >= 11 is 0. The lowest BCUT2D eigenvalue weighted by Crippen LogP contribution is -2.53. The Morgan fingerprint density at radius 1 is 1.07 bits per heavy atom. The Hall–Kier alpha value is -2.35. The summed E-state index contributed by atoms with van der Waals surface area (Å²) in [7, 11) is 0. The van der Waals surface area contributed by atoms with Crippen molar-refractivity contribution in [1.82, 2.24) is 20.0 Å². The fourth-order valence-electron chi connectivity index (χ4n) is 3.84. The number of carbonyl (C=O) groups excluding carboxylic acids is 3. The van der Waals surface area contributed by atoms with Gasteiger partial charge in [0.1, 0.15) is 0 Å². The second kappa shape index (κ2) is 9.23. The number of hydrogen-bond acceptors (Lipinski definition) is 5. The highest BCUT2D eigenvalue weighted by Gasteiger charge is 2.32. The number of piperidine rings is 1. The third kappa shape index (κ3) is 5.13. The lowest BCUT2D eigenvalue weighted by atomic mass is 9.94. The Morgan fingerprint density at radius 3 is 2.32 bits per heavy atom. The van der Waals surface area contributed by atoms with Gasteiger partial charge >= 0.3 is 0 Å². The van der Waals surface area contributed by atoms with Crippen LogP contribution in [0.2, 0.25) is 0 Å². The van der Waals surface area contributed by atoms with Crippen molar-refractivity contribution in [3.63, 3.8) is 0 Å². The largest absolute Gasteiger partial charge is 0.459 e. The maximum absolute atomic E-state index is 12.8. The Morgan fingerprint density at radius 2 is 1.75 bits per heavy atom. The number of carbonyl (C=O) groups is 3. The molecule has 2 aliphatic rings. The van der Waals surface area contributed by atoms with Gasteiger partial charge in [-0.05, 0) is 38.8 Å². The molecule has 0 aliphatic carbocycles. The first-order valence-corrected chi connectivity index (χ1v) is 10.1. The first kappa shape index (κ1) is 20.4. The Bertz CT molecular complexity index is 672. The first-order valence-electron chi connectivity index (χ1n) is 10.1. The van der Waals surface area contributed by atoms with Crippen LogP contribution < -0.4 is 5.32 Å². The molecule has 1 aromatic rings. The summed E-state index contributed by atoms with van der Waals surface area (Å²) in [5, 5.41) is 2.90. The Labute approximate surface area is 165 Å². The molecule has 2 aliphatic heterocycles. The molecule has 1 aromatic heterocycles. The summed E-state index contributed by atoms with van der Waals surface area (Å²) in [6.45, 7) is 8.16. The van der Waals surface area contributed by atoms with Crippen molar-refractivity contribution in [1.29, 1.82) is 0 Å². The van der Waals surface area contributed by atoms with Crippen LogP contribution in [0.3, 0.4) is 0 Å². The smallest absolute Gasteiger partial charge is 0.289 e. The van der Waals surface area contributed by atoms with Crippen LogP contribution in [0, 0.1) is 5.92 Å². The van der Waals surface area contributed by atoms with Gasteiger partial charge in [0.15, 0.2) is 5.76 Å². The minimum absolute atomic E-state index is 0.0309. The van der Waals surface area contributed by atoms with Crippen LogP contribution in [-0.4, -0.2) is 84.3 Å². The quantitative estimate of drug-likeness (QED) is 0.804. The van der Waals surface area contributed by atoms with Gasteiger partial charge in [-0.25, -0.2) is 0 Å². The van der Waals surface area contributed by atoms with Gasteiger partial charge in [-0.15, -0.1) is 0 Å². The van der Waals surface area contributed by atoms with Crippen LogP contribution in [-0.2, 0) is 9.59 Å². The van der Waals surface area contributed by atoms with Crippen LogP contribution in [0.4, 0.5) is 0 Å². The minimum Gasteiger partial charge on any atom is -0.459 e. The molecule has 0 spiro atoms. The van der Waals surface area contributed by atoms with Crippen LogP contribution in [0.5, 0.6) is 0 Å². The predicted molar refractivity (Wildman–Crippen MR) is 104 cm³/mol. The summed E-state index contributed by atoms with van der Waals surface area (Å²) in [4.78, 5) is 42.8. The first-order chi connectivity index (χ1) is 13.4. The van der Waals surface area contributed by atoms with Crippen molar-refractivity contribution >= 4 is 17.7 Å². The number of amides is 3. The van der Waals surface area contributed by atoms with Crippen LogP contribution in [0.1, 0.15) is 37.2 Å². The number of nitrogens with zero attached hydrogens (tertiary/aromatic N) is 3. The van der Waals surface area contributed by atoms with E-state index in [0.717, 1.165) is 0 Å². The minimum atomic E-state index is -0.107. The summed E-state index contributed by atoms with van der Waals surface area (Å²) < 4.78 is 5.18. The van der Waals surface area contributed by atoms with Crippen molar-refractivity contribution in [2.75, 3.05) is 45.8 Å². The monoisotopic (exact) mass is 390 g/mol. The fraction of sp³-hybridized carbons (Fsp3) is 0.650. The number of piperazine rings is 1. The molecule has 3 heterocycles. The molecular formula is C20H30N4O4. The van der Waals surface area contributed by atoms with E-state index >= 15 is 0 Å². The van der Waals surface area contributed by atoms with Gasteiger partial charge in [-0.1, -0.05) is 0 Å². The van der Waals surface area contributed by atoms with Crippen molar-refractivity contribution in [3.05, 3.63) is 24.2 Å². The third-order valence-corrected chi connectivity index (χ3v) is 5.36. The molecular weight excluding hydrogens is 360 g/mol. The number of rotatable bonds is 5. The van der Waals surface area contributed by atoms with Crippen molar-refractivity contribution in [2.24, 2.45) is 5.92 Å². The van der Waals surface area contributed by atoms with Crippen molar-refractivity contribution < 1.29 is 18.8 Å². The molecule has 0 bridgehead atoms. The number of hydrogen-bond donors (Lipinski definition) is 1. The van der Waals surface area contributed by atoms with Gasteiger partial charge in [0, 0.05) is 51.2 Å². The van der Waals surface area contributed by atoms with Gasteiger partial charge in [0.2, 0.25) is 11.8 Å². The van der Waals surface area contributed by atoms with E-state index < -0.39 is 0 Å². The molecule has 2 fully saturated rings. The number of likely N-dealkylation sites (tertiary alicyclic amines) is 1. The maximum Gasteiger partial charge on any atom is 0.289 e. The van der Waals surface area contributed by atoms with Gasteiger partial charge in [-0.2, -0.15) is 0 Å². The SMILES string of the molecule is CC(C)NC(=O)CN1CCN(C(=O)C2CCN(C(=O)c3ccco3)CC2)CC1. The molecule has 3 amide bonds. The molecule has 1 N–H and O–H groups in total. The van der Waals surface area contributed by atoms with E-state index in [1.54, 1.807) is 17.0 Å². The van der Waals surface area contributed by atoms with Crippen molar-refractivity contribution in [2.45, 2.75) is 32.7 Å². The predicted octanol–water partition coefficient (Wildman–Crippen LogP) is 0.801. The fourth-order valence-corrected chi connectivity index (χ4v) is 3.84. The lowest BCUT2D eigenvalue weighted by Gasteiger charge is -2.38. The molecule has 0 saturated carbocycles. The molecule has 0 unspecified atom stereocenters. The molecule has 0 aromatic carbocycles. The summed E-state index contributed by atoms with van der Waals surface area (Å²) in [5.74, 6) is 0.419. The standard InChI is InChI=1S/C20H30N4O4/c1-15(2)21-18(25)14-22-9-11-24(12-10-22)19(26)16-5-7-23(8-6-16)20(27)17-4-3-13-28-17/h3-4,13,15-16H,5-12,14H2,1-2H3,(H,21,25). The second-order valence-electron chi connectivity index (χ2n) is 7.87. The average Bonchev–Trinajstić information content (AvgIpc) is 3.22. The molecule has 8 heteroatoms. The van der Waals surface area contributed by atoms with Crippen LogP contribution in [0.15, 0.2) is 22.8 Å². The molecule has 0 radical (unpaired) electrons. The van der Waals surface area contributed by atoms with E-state index in [4.69, 9.17) is 4.42 Å². The third-order valence-electron chi connectivity index (χ3n) is 5.36. The maximum atomic E-state index is 12.8. The number of nitrogens with one attached hydrogen (secondary N) is 1. The topological polar surface area (TPSA) is 86.1 Å². The molecule has 2 saturated heterocycles. The van der Waals surface area contributed by atoms with Gasteiger partial charge in [-0.3, -0.25) is 19.3 Å². The van der Waals surface area contributed by atoms with E-state index in [-0.39, 0.29) is 29.7 Å². The average molecular weight is 390 g/mol. The lowest BCUT2D eigenvalue weighted by molar-refractivity contribution is -0.138. The van der Waals surface area contributed by atoms with E-state index in [0.29, 0.717) is 64.4 Å². The molecule has 0 atom stereocenters. The zero-order chi connectivity index (χ0) is 20.1. The molecule has 154 valence electrons. The van der Waals surface area contributed by atoms with E-state index in [2.05, 4.69) is 10.2 Å². The summed E-state index contributed by atoms with van der Waals surface area (Å²) in [6, 6.07) is 3.51. The molecule has 8 nitrogen and oxygen atoms in total. The highest BCUT2D eigenvalue weighted by Crippen LogP contribution is 2.22. The molecule has 3 rings (SSSR count). The summed E-state index contributed by atoms with van der Waals surface area (Å²) in [6.07, 6.45) is 2.86. The van der Waals surface area contributed by atoms with E-state index in [1.807, 2.05) is 18.7 Å². The van der Waals surface area contributed by atoms with E-state index in [1.165, 1.54) is 6.26 Å². The van der Waals surface area contributed by atoms with Gasteiger partial charge < -0.3 is 19.5 Å². The Kier molecular flexibility index (Phi) is 6.72. The normalized spacial score (nSPS) is 19.1. The van der Waals surface area contributed by atoms with E-state index in [9.17, 15) is 14.4 Å². The second-order valence-corrected chi connectivity index (χ2v) is 7.87. The van der Waals surface area contributed by atoms with Gasteiger partial charge in [0.25, 0.3) is 5.91 Å². The van der Waals surface area contributed by atoms with Crippen LogP contribution >= 0.6 is 0 Å². The zero-order valence-corrected chi connectivity index (χ0v) is 16.7. The van der Waals surface area contributed by atoms with Gasteiger partial charge in [0.05, 0.1) is 12.8 Å². The summed E-state index contributed by atoms with van der Waals surface area (Å²) in [5.41, 5.74) is 0. The number of furan rings is 1. The van der Waals surface area contributed by atoms with Crippen molar-refractivity contribution in [3.8, 4) is 0 Å². The van der Waals surface area contributed by atoms with Crippen LogP contribution in [0.25, 0.3) is 0 Å².